The normalized spacial score (nSPS) is 33.2. The van der Waals surface area contributed by atoms with Crippen molar-refractivity contribution < 1.29 is 9.59 Å². The van der Waals surface area contributed by atoms with Crippen LogP contribution in [-0.2, 0) is 4.79 Å². The molecule has 3 heteroatoms. The Balaban J connectivity index is 1.68. The van der Waals surface area contributed by atoms with Gasteiger partial charge < -0.3 is 0 Å². The smallest absolute Gasteiger partial charge is 0.258 e. The fraction of sp³-hybridized carbons (Fsp3) is 0.520. The zero-order chi connectivity index (χ0) is 20.1. The summed E-state index contributed by atoms with van der Waals surface area (Å²) in [5.41, 5.74) is 3.88. The molecule has 1 aliphatic heterocycles. The monoisotopic (exact) mass is 377 g/mol. The third-order valence-electron chi connectivity index (χ3n) is 7.81. The number of rotatable bonds is 2. The predicted octanol–water partition coefficient (Wildman–Crippen LogP) is 5.53. The molecule has 148 valence electrons. The van der Waals surface area contributed by atoms with Gasteiger partial charge in [-0.25, -0.2) is 0 Å². The van der Waals surface area contributed by atoms with Crippen LogP contribution >= 0.6 is 0 Å². The first-order valence-electron chi connectivity index (χ1n) is 10.6. The lowest BCUT2D eigenvalue weighted by atomic mass is 9.47. The molecule has 28 heavy (non-hydrogen) atoms. The maximum Gasteiger partial charge on any atom is 0.258 e. The Kier molecular flexibility index (Phi) is 4.60. The van der Waals surface area contributed by atoms with Gasteiger partial charge in [0.05, 0.1) is 0 Å². The summed E-state index contributed by atoms with van der Waals surface area (Å²) in [6.45, 7) is 11.7. The lowest BCUT2D eigenvalue weighted by molar-refractivity contribution is -0.114. The molecule has 4 rings (SSSR count). The molecule has 1 aromatic rings. The van der Waals surface area contributed by atoms with E-state index in [1.165, 1.54) is 31.3 Å². The molecule has 1 aromatic carbocycles. The van der Waals surface area contributed by atoms with Crippen molar-refractivity contribution in [2.75, 3.05) is 0 Å². The van der Waals surface area contributed by atoms with Crippen molar-refractivity contribution in [2.45, 2.75) is 59.3 Å². The fourth-order valence-corrected chi connectivity index (χ4v) is 6.42. The van der Waals surface area contributed by atoms with Gasteiger partial charge in [0.15, 0.2) is 0 Å². The molecule has 0 bridgehead atoms. The summed E-state index contributed by atoms with van der Waals surface area (Å²) in [5.74, 6) is 0.490. The molecule has 3 atom stereocenters. The van der Waals surface area contributed by atoms with E-state index in [9.17, 15) is 9.59 Å². The first-order valence-corrected chi connectivity index (χ1v) is 10.6. The molecule has 2 aliphatic carbocycles. The van der Waals surface area contributed by atoms with Crippen LogP contribution in [0.2, 0.25) is 0 Å². The minimum absolute atomic E-state index is 0.231. The van der Waals surface area contributed by atoms with Crippen molar-refractivity contribution in [2.24, 2.45) is 22.7 Å². The van der Waals surface area contributed by atoms with Crippen molar-refractivity contribution in [1.29, 1.82) is 0 Å². The van der Waals surface area contributed by atoms with Crippen LogP contribution in [0, 0.1) is 22.7 Å². The predicted molar refractivity (Wildman–Crippen MR) is 113 cm³/mol. The number of carbonyl (C=O) groups excluding carboxylic acids is 2. The van der Waals surface area contributed by atoms with E-state index in [2.05, 4.69) is 38.7 Å². The highest BCUT2D eigenvalue weighted by molar-refractivity contribution is 6.30. The Morgan fingerprint density at radius 3 is 2.57 bits per heavy atom. The zero-order valence-electron chi connectivity index (χ0n) is 17.3. The Morgan fingerprint density at radius 1 is 1.11 bits per heavy atom. The number of amides is 2. The third kappa shape index (κ3) is 2.96. The van der Waals surface area contributed by atoms with Crippen LogP contribution < -0.4 is 5.32 Å². The molecular weight excluding hydrogens is 346 g/mol. The van der Waals surface area contributed by atoms with Gasteiger partial charge in [0.25, 0.3) is 11.8 Å². The van der Waals surface area contributed by atoms with Crippen molar-refractivity contribution >= 4 is 17.4 Å². The number of allylic oxidation sites excluding steroid dienone is 2. The third-order valence-corrected chi connectivity index (χ3v) is 7.81. The van der Waals surface area contributed by atoms with Gasteiger partial charge in [-0.05, 0) is 66.4 Å². The average Bonchev–Trinajstić information content (AvgIpc) is 2.62. The Labute approximate surface area is 168 Å². The summed E-state index contributed by atoms with van der Waals surface area (Å²) in [4.78, 5) is 24.7. The summed E-state index contributed by atoms with van der Waals surface area (Å²) < 4.78 is 0. The molecule has 2 saturated carbocycles. The summed E-state index contributed by atoms with van der Waals surface area (Å²) in [6.07, 6.45) is 8.98. The van der Waals surface area contributed by atoms with Crippen LogP contribution in [0.15, 0.2) is 42.5 Å². The lowest BCUT2D eigenvalue weighted by Gasteiger charge is -2.58. The molecular formula is C25H31NO2. The average molecular weight is 378 g/mol. The second-order valence-corrected chi connectivity index (χ2v) is 9.83. The van der Waals surface area contributed by atoms with Gasteiger partial charge in [-0.3, -0.25) is 14.9 Å². The number of hydrogen-bond acceptors (Lipinski definition) is 2. The largest absolute Gasteiger partial charge is 0.288 e. The molecule has 0 spiro atoms. The zero-order valence-corrected chi connectivity index (χ0v) is 17.3. The highest BCUT2D eigenvalue weighted by atomic mass is 16.2. The number of benzene rings is 1. The maximum absolute atomic E-state index is 12.6. The van der Waals surface area contributed by atoms with E-state index in [1.807, 2.05) is 18.2 Å². The van der Waals surface area contributed by atoms with Crippen LogP contribution in [0.5, 0.6) is 0 Å². The van der Waals surface area contributed by atoms with Gasteiger partial charge >= 0.3 is 0 Å². The summed E-state index contributed by atoms with van der Waals surface area (Å²) in [5, 5.41) is 2.49. The molecule has 1 heterocycles. The highest BCUT2D eigenvalue weighted by Crippen LogP contribution is 2.61. The first kappa shape index (κ1) is 19.2. The van der Waals surface area contributed by atoms with Crippen LogP contribution in [0.1, 0.15) is 75.2 Å². The Bertz CT molecular complexity index is 878. The molecule has 0 radical (unpaired) electrons. The second kappa shape index (κ2) is 6.72. The summed E-state index contributed by atoms with van der Waals surface area (Å²) >= 11 is 0. The molecule has 3 nitrogen and oxygen atoms in total. The second-order valence-electron chi connectivity index (χ2n) is 9.83. The van der Waals surface area contributed by atoms with Crippen LogP contribution in [0.4, 0.5) is 0 Å². The van der Waals surface area contributed by atoms with Gasteiger partial charge in [0, 0.05) is 11.1 Å². The minimum atomic E-state index is -0.305. The number of fused-ring (bicyclic) bond motifs is 2. The summed E-state index contributed by atoms with van der Waals surface area (Å²) in [7, 11) is 0. The SMILES string of the molecule is C=C1CC[C@H]2C(C)(C)CCC[C@]2(C)[C@H]1C/C=C1/C(=O)NC(=O)c2ccccc21. The van der Waals surface area contributed by atoms with E-state index < -0.39 is 0 Å². The van der Waals surface area contributed by atoms with Crippen LogP contribution in [0.25, 0.3) is 5.57 Å². The Hall–Kier alpha value is -2.16. The van der Waals surface area contributed by atoms with E-state index in [4.69, 9.17) is 0 Å². The van der Waals surface area contributed by atoms with Crippen molar-refractivity contribution in [3.63, 3.8) is 0 Å². The molecule has 0 saturated heterocycles. The highest BCUT2D eigenvalue weighted by Gasteiger charge is 2.52. The van der Waals surface area contributed by atoms with Gasteiger partial charge in [0.1, 0.15) is 0 Å². The minimum Gasteiger partial charge on any atom is -0.288 e. The summed E-state index contributed by atoms with van der Waals surface area (Å²) in [6, 6.07) is 7.39. The van der Waals surface area contributed by atoms with Gasteiger partial charge in [-0.2, -0.15) is 0 Å². The molecule has 1 N–H and O–H groups in total. The quantitative estimate of drug-likeness (QED) is 0.418. The van der Waals surface area contributed by atoms with Gasteiger partial charge in [-0.15, -0.1) is 0 Å². The number of imide groups is 1. The van der Waals surface area contributed by atoms with E-state index in [0.29, 0.717) is 28.4 Å². The Morgan fingerprint density at radius 2 is 1.82 bits per heavy atom. The van der Waals surface area contributed by atoms with E-state index in [1.54, 1.807) is 6.07 Å². The molecule has 0 aromatic heterocycles. The van der Waals surface area contributed by atoms with E-state index >= 15 is 0 Å². The van der Waals surface area contributed by atoms with Gasteiger partial charge in [0.2, 0.25) is 0 Å². The fourth-order valence-electron chi connectivity index (χ4n) is 6.42. The van der Waals surface area contributed by atoms with Gasteiger partial charge in [-0.1, -0.05) is 63.6 Å². The standard InChI is InChI=1S/C25H31NO2/c1-16-10-13-21-24(2,3)14-7-15-25(21,4)20(16)12-11-19-17-8-5-6-9-18(17)22(27)26-23(19)28/h5-6,8-9,11,20-21H,1,7,10,12-15H2,2-4H3,(H,26,27,28)/b19-11+/t20-,21-,25+/m0/s1. The number of carbonyl (C=O) groups is 2. The number of nitrogens with one attached hydrogen (secondary N) is 1. The molecule has 0 unspecified atom stereocenters. The molecule has 2 fully saturated rings. The van der Waals surface area contributed by atoms with Crippen molar-refractivity contribution in [3.8, 4) is 0 Å². The van der Waals surface area contributed by atoms with Crippen molar-refractivity contribution in [3.05, 3.63) is 53.6 Å². The van der Waals surface area contributed by atoms with E-state index in [0.717, 1.165) is 18.4 Å². The first-order chi connectivity index (χ1) is 13.2. The van der Waals surface area contributed by atoms with Crippen molar-refractivity contribution in [1.82, 2.24) is 5.32 Å². The van der Waals surface area contributed by atoms with Crippen LogP contribution in [-0.4, -0.2) is 11.8 Å². The molecule has 2 amide bonds. The topological polar surface area (TPSA) is 46.2 Å². The van der Waals surface area contributed by atoms with E-state index in [-0.39, 0.29) is 17.2 Å². The maximum atomic E-state index is 12.6. The number of hydrogen-bond donors (Lipinski definition) is 1. The van der Waals surface area contributed by atoms with Crippen LogP contribution in [0.3, 0.4) is 0 Å². The molecule has 3 aliphatic rings. The lowest BCUT2D eigenvalue weighted by Crippen LogP contribution is -2.49.